The number of ether oxygens (including phenoxy) is 1. The van der Waals surface area contributed by atoms with Crippen molar-refractivity contribution in [1.29, 1.82) is 0 Å². The molecule has 0 unspecified atom stereocenters. The third-order valence-electron chi connectivity index (χ3n) is 0.921. The number of hydrogen-bond acceptors (Lipinski definition) is 5. The fourth-order valence-electron chi connectivity index (χ4n) is 0.458. The van der Waals surface area contributed by atoms with Crippen molar-refractivity contribution in [3.8, 4) is 0 Å². The summed E-state index contributed by atoms with van der Waals surface area (Å²) in [6.45, 7) is 1.33. The lowest BCUT2D eigenvalue weighted by molar-refractivity contribution is -0.136. The molecule has 0 radical (unpaired) electrons. The van der Waals surface area contributed by atoms with Crippen LogP contribution in [-0.2, 0) is 9.53 Å². The Morgan fingerprint density at radius 3 is 2.36 bits per heavy atom. The lowest BCUT2D eigenvalue weighted by Gasteiger charge is -1.97. The first-order valence-electron chi connectivity index (χ1n) is 2.91. The lowest BCUT2D eigenvalue weighted by Crippen LogP contribution is -2.04. The van der Waals surface area contributed by atoms with Crippen LogP contribution < -0.4 is 0 Å². The van der Waals surface area contributed by atoms with Gasteiger partial charge in [-0.25, -0.2) is 4.79 Å². The maximum Gasteiger partial charge on any atom is 0.362 e. The topological polar surface area (TPSA) is 71.2 Å². The van der Waals surface area contributed by atoms with E-state index in [2.05, 4.69) is 15.0 Å². The molecule has 0 spiro atoms. The number of hydrogen-bond donors (Lipinski definition) is 1. The van der Waals surface area contributed by atoms with Gasteiger partial charge in [0.1, 0.15) is 5.76 Å². The summed E-state index contributed by atoms with van der Waals surface area (Å²) in [7, 11) is 2.60. The number of methoxy groups -OCH3 is 1. The molecule has 5 heteroatoms. The van der Waals surface area contributed by atoms with E-state index in [0.29, 0.717) is 0 Å². The van der Waals surface area contributed by atoms with E-state index in [1.807, 2.05) is 0 Å². The highest BCUT2D eigenvalue weighted by Gasteiger charge is 2.11. The van der Waals surface area contributed by atoms with Crippen LogP contribution in [0.5, 0.6) is 0 Å². The molecule has 0 heterocycles. The molecule has 0 aliphatic rings. The molecular weight excluding hydrogens is 148 g/mol. The average Bonchev–Trinajstić information content (AvgIpc) is 1.98. The standard InChI is InChI=1S/C6H10N2O3/c1-4(9)5(8-7-2)6(10)11-3/h9H,1-3H3/b5-4-,8-7?. The zero-order valence-electron chi connectivity index (χ0n) is 6.66. The van der Waals surface area contributed by atoms with Gasteiger partial charge in [0.15, 0.2) is 0 Å². The van der Waals surface area contributed by atoms with Gasteiger partial charge in [-0.05, 0) is 6.92 Å². The van der Waals surface area contributed by atoms with Crippen LogP contribution in [-0.4, -0.2) is 25.2 Å². The van der Waals surface area contributed by atoms with E-state index in [1.165, 1.54) is 21.1 Å². The zero-order chi connectivity index (χ0) is 8.85. The predicted octanol–water partition coefficient (Wildman–Crippen LogP) is 1.03. The Balaban J connectivity index is 4.63. The average molecular weight is 158 g/mol. The van der Waals surface area contributed by atoms with Gasteiger partial charge in [-0.3, -0.25) is 0 Å². The van der Waals surface area contributed by atoms with Crippen molar-refractivity contribution >= 4 is 5.97 Å². The first-order valence-corrected chi connectivity index (χ1v) is 2.91. The van der Waals surface area contributed by atoms with Crippen LogP contribution in [0.3, 0.4) is 0 Å². The van der Waals surface area contributed by atoms with E-state index >= 15 is 0 Å². The number of nitrogens with zero attached hydrogens (tertiary/aromatic N) is 2. The first-order chi connectivity index (χ1) is 5.13. The number of carbonyl (C=O) groups is 1. The second-order valence-corrected chi connectivity index (χ2v) is 1.73. The summed E-state index contributed by atoms with van der Waals surface area (Å²) < 4.78 is 4.32. The molecule has 0 bridgehead atoms. The van der Waals surface area contributed by atoms with Gasteiger partial charge in [0.25, 0.3) is 0 Å². The fourth-order valence-corrected chi connectivity index (χ4v) is 0.458. The summed E-state index contributed by atoms with van der Waals surface area (Å²) in [5, 5.41) is 15.6. The van der Waals surface area contributed by atoms with Crippen molar-refractivity contribution in [3.63, 3.8) is 0 Å². The van der Waals surface area contributed by atoms with Crippen LogP contribution in [0.2, 0.25) is 0 Å². The fraction of sp³-hybridized carbons (Fsp3) is 0.500. The number of aliphatic hydroxyl groups is 1. The molecule has 0 aromatic rings. The molecular formula is C6H10N2O3. The molecule has 62 valence electrons. The number of aliphatic hydroxyl groups excluding tert-OH is 1. The molecule has 0 aliphatic carbocycles. The first kappa shape index (κ1) is 9.61. The van der Waals surface area contributed by atoms with Gasteiger partial charge in [0.05, 0.1) is 7.11 Å². The second-order valence-electron chi connectivity index (χ2n) is 1.73. The minimum absolute atomic E-state index is 0.171. The predicted molar refractivity (Wildman–Crippen MR) is 38.1 cm³/mol. The Bertz CT molecular complexity index is 204. The normalized spacial score (nSPS) is 13.0. The van der Waals surface area contributed by atoms with E-state index in [4.69, 9.17) is 5.11 Å². The summed E-state index contributed by atoms with van der Waals surface area (Å²) in [6.07, 6.45) is 0. The Labute approximate surface area is 64.4 Å². The van der Waals surface area contributed by atoms with Crippen molar-refractivity contribution in [2.75, 3.05) is 14.2 Å². The largest absolute Gasteiger partial charge is 0.510 e. The van der Waals surface area contributed by atoms with Crippen molar-refractivity contribution in [1.82, 2.24) is 0 Å². The molecule has 0 aliphatic heterocycles. The number of rotatable bonds is 2. The molecule has 0 saturated heterocycles. The number of esters is 1. The van der Waals surface area contributed by atoms with Gasteiger partial charge in [0, 0.05) is 7.05 Å². The third-order valence-corrected chi connectivity index (χ3v) is 0.921. The minimum Gasteiger partial charge on any atom is -0.510 e. The maximum atomic E-state index is 10.7. The summed E-state index contributed by atoms with van der Waals surface area (Å²) >= 11 is 0. The third kappa shape index (κ3) is 2.79. The van der Waals surface area contributed by atoms with Crippen LogP contribution in [0, 0.1) is 0 Å². The van der Waals surface area contributed by atoms with Crippen molar-refractivity contribution in [2.45, 2.75) is 6.92 Å². The molecule has 0 fully saturated rings. The highest BCUT2D eigenvalue weighted by molar-refractivity contribution is 5.88. The number of allylic oxidation sites excluding steroid dienone is 1. The molecule has 5 nitrogen and oxygen atoms in total. The molecule has 11 heavy (non-hydrogen) atoms. The molecule has 0 aromatic carbocycles. The van der Waals surface area contributed by atoms with Crippen LogP contribution >= 0.6 is 0 Å². The van der Waals surface area contributed by atoms with Crippen molar-refractivity contribution in [3.05, 3.63) is 11.5 Å². The van der Waals surface area contributed by atoms with E-state index in [1.54, 1.807) is 0 Å². The number of carbonyl (C=O) groups excluding carboxylic acids is 1. The highest BCUT2D eigenvalue weighted by atomic mass is 16.5. The summed E-state index contributed by atoms with van der Waals surface area (Å²) in [6, 6.07) is 0. The Morgan fingerprint density at radius 2 is 2.09 bits per heavy atom. The lowest BCUT2D eigenvalue weighted by atomic mass is 10.4. The van der Waals surface area contributed by atoms with Gasteiger partial charge in [-0.15, -0.1) is 5.11 Å². The van der Waals surface area contributed by atoms with Crippen LogP contribution in [0.25, 0.3) is 0 Å². The summed E-state index contributed by atoms with van der Waals surface area (Å²) in [5.41, 5.74) is -0.171. The Hall–Kier alpha value is -1.39. The highest BCUT2D eigenvalue weighted by Crippen LogP contribution is 2.04. The molecule has 1 N–H and O–H groups in total. The smallest absolute Gasteiger partial charge is 0.362 e. The van der Waals surface area contributed by atoms with Gasteiger partial charge in [-0.2, -0.15) is 5.11 Å². The maximum absolute atomic E-state index is 10.7. The van der Waals surface area contributed by atoms with Crippen LogP contribution in [0.15, 0.2) is 21.7 Å². The van der Waals surface area contributed by atoms with Gasteiger partial charge < -0.3 is 9.84 Å². The number of azo groups is 1. The monoisotopic (exact) mass is 158 g/mol. The van der Waals surface area contributed by atoms with E-state index in [9.17, 15) is 4.79 Å². The quantitative estimate of drug-likeness (QED) is 0.282. The molecule has 0 rings (SSSR count). The Morgan fingerprint density at radius 1 is 1.55 bits per heavy atom. The molecule has 0 aromatic heterocycles. The molecule has 0 atom stereocenters. The molecule has 0 amide bonds. The zero-order valence-corrected chi connectivity index (χ0v) is 6.66. The van der Waals surface area contributed by atoms with E-state index < -0.39 is 5.97 Å². The molecule has 0 saturated carbocycles. The van der Waals surface area contributed by atoms with Gasteiger partial charge in [0.2, 0.25) is 5.70 Å². The van der Waals surface area contributed by atoms with Gasteiger partial charge in [-0.1, -0.05) is 0 Å². The van der Waals surface area contributed by atoms with E-state index in [0.717, 1.165) is 0 Å². The van der Waals surface area contributed by atoms with E-state index in [-0.39, 0.29) is 11.5 Å². The van der Waals surface area contributed by atoms with Crippen LogP contribution in [0.1, 0.15) is 6.92 Å². The second kappa shape index (κ2) is 4.43. The minimum atomic E-state index is -0.699. The van der Waals surface area contributed by atoms with Crippen molar-refractivity contribution in [2.24, 2.45) is 10.2 Å². The summed E-state index contributed by atoms with van der Waals surface area (Å²) in [4.78, 5) is 10.7. The SMILES string of the molecule is CN=N/C(C(=O)OC)=C(/C)O. The Kier molecular flexibility index (Phi) is 3.87. The summed E-state index contributed by atoms with van der Waals surface area (Å²) in [5.74, 6) is -0.905. The van der Waals surface area contributed by atoms with Crippen LogP contribution in [0.4, 0.5) is 0 Å². The van der Waals surface area contributed by atoms with Gasteiger partial charge >= 0.3 is 5.97 Å². The van der Waals surface area contributed by atoms with Crippen molar-refractivity contribution < 1.29 is 14.6 Å².